The number of rotatable bonds is 2. The van der Waals surface area contributed by atoms with Crippen molar-refractivity contribution in [1.82, 2.24) is 4.90 Å². The van der Waals surface area contributed by atoms with E-state index in [1.807, 2.05) is 62.4 Å². The lowest BCUT2D eigenvalue weighted by molar-refractivity contribution is -0.130. The van der Waals surface area contributed by atoms with E-state index in [1.165, 1.54) is 0 Å². The Kier molecular flexibility index (Phi) is 5.17. The minimum absolute atomic E-state index is 0.107. The van der Waals surface area contributed by atoms with E-state index in [0.29, 0.717) is 43.7 Å². The molecule has 0 atom stereocenters. The molecule has 5 nitrogen and oxygen atoms in total. The van der Waals surface area contributed by atoms with E-state index in [4.69, 9.17) is 4.74 Å². The second-order valence-corrected chi connectivity index (χ2v) is 8.21. The fraction of sp³-hybridized carbons (Fsp3) is 0.320. The monoisotopic (exact) mass is 400 g/mol. The molecule has 4 rings (SSSR count). The van der Waals surface area contributed by atoms with Crippen molar-refractivity contribution in [3.8, 4) is 11.8 Å². The van der Waals surface area contributed by atoms with Crippen molar-refractivity contribution < 1.29 is 14.3 Å². The first-order valence-corrected chi connectivity index (χ1v) is 10.2. The summed E-state index contributed by atoms with van der Waals surface area (Å²) in [6.07, 6.45) is 3.09. The van der Waals surface area contributed by atoms with Crippen LogP contribution < -0.4 is 4.74 Å². The third kappa shape index (κ3) is 3.73. The van der Waals surface area contributed by atoms with Crippen LogP contribution in [0.25, 0.3) is 6.08 Å². The van der Waals surface area contributed by atoms with Gasteiger partial charge in [0, 0.05) is 25.9 Å². The fourth-order valence-corrected chi connectivity index (χ4v) is 4.44. The molecular weight excluding hydrogens is 376 g/mol. The molecule has 1 spiro atoms. The number of benzene rings is 2. The zero-order valence-electron chi connectivity index (χ0n) is 17.3. The van der Waals surface area contributed by atoms with Crippen LogP contribution in [-0.4, -0.2) is 35.3 Å². The van der Waals surface area contributed by atoms with E-state index in [1.54, 1.807) is 11.0 Å². The molecule has 0 saturated carbocycles. The highest BCUT2D eigenvalue weighted by Gasteiger charge is 2.44. The molecule has 0 radical (unpaired) electrons. The predicted octanol–water partition coefficient (Wildman–Crippen LogP) is 4.24. The number of amides is 1. The third-order valence-electron chi connectivity index (χ3n) is 5.96. The number of fused-ring (bicyclic) bond motifs is 1. The summed E-state index contributed by atoms with van der Waals surface area (Å²) in [6.45, 7) is 4.85. The summed E-state index contributed by atoms with van der Waals surface area (Å²) in [5.74, 6) is 0.492. The van der Waals surface area contributed by atoms with E-state index in [0.717, 1.165) is 16.7 Å². The van der Waals surface area contributed by atoms with Crippen LogP contribution in [0.5, 0.6) is 5.75 Å². The molecule has 2 heterocycles. The SMILES string of the molecule is Cc1cc(C)c2c(c1)OC1(CCN(C(=O)/C(C#N)=C/c3ccccc3)CC1)CC2=O. The Balaban J connectivity index is 1.50. The smallest absolute Gasteiger partial charge is 0.264 e. The maximum absolute atomic E-state index is 12.9. The van der Waals surface area contributed by atoms with Crippen molar-refractivity contribution >= 4 is 17.8 Å². The second-order valence-electron chi connectivity index (χ2n) is 8.21. The number of piperidine rings is 1. The summed E-state index contributed by atoms with van der Waals surface area (Å²) in [5, 5.41) is 9.49. The Labute approximate surface area is 176 Å². The molecule has 2 aliphatic rings. The molecule has 2 aliphatic heterocycles. The lowest BCUT2D eigenvalue weighted by atomic mass is 9.81. The normalized spacial score (nSPS) is 17.8. The Bertz CT molecular complexity index is 1070. The molecule has 0 aromatic heterocycles. The quantitative estimate of drug-likeness (QED) is 0.559. The van der Waals surface area contributed by atoms with Gasteiger partial charge in [-0.1, -0.05) is 36.4 Å². The molecule has 1 saturated heterocycles. The number of carbonyl (C=O) groups is 2. The predicted molar refractivity (Wildman–Crippen MR) is 114 cm³/mol. The number of hydrogen-bond acceptors (Lipinski definition) is 4. The van der Waals surface area contributed by atoms with Crippen molar-refractivity contribution in [3.05, 3.63) is 70.3 Å². The summed E-state index contributed by atoms with van der Waals surface area (Å²) in [7, 11) is 0. The van der Waals surface area contributed by atoms with Gasteiger partial charge in [-0.05, 0) is 42.7 Å². The van der Waals surface area contributed by atoms with Gasteiger partial charge < -0.3 is 9.64 Å². The number of ether oxygens (including phenoxy) is 1. The summed E-state index contributed by atoms with van der Waals surface area (Å²) in [6, 6.07) is 15.3. The van der Waals surface area contributed by atoms with Gasteiger partial charge in [0.15, 0.2) is 5.78 Å². The van der Waals surface area contributed by atoms with Gasteiger partial charge in [0.1, 0.15) is 23.0 Å². The van der Waals surface area contributed by atoms with Gasteiger partial charge in [-0.3, -0.25) is 9.59 Å². The Morgan fingerprint density at radius 1 is 1.17 bits per heavy atom. The highest BCUT2D eigenvalue weighted by atomic mass is 16.5. The van der Waals surface area contributed by atoms with Crippen molar-refractivity contribution in [2.75, 3.05) is 13.1 Å². The summed E-state index contributed by atoms with van der Waals surface area (Å²) >= 11 is 0. The van der Waals surface area contributed by atoms with Crippen LogP contribution in [0.3, 0.4) is 0 Å². The van der Waals surface area contributed by atoms with Crippen molar-refractivity contribution in [3.63, 3.8) is 0 Å². The lowest BCUT2D eigenvalue weighted by Gasteiger charge is -2.44. The standard InChI is InChI=1S/C25H24N2O3/c1-17-12-18(2)23-21(28)15-25(30-22(23)13-17)8-10-27(11-9-25)24(29)20(16-26)14-19-6-4-3-5-7-19/h3-7,12-14H,8-11,15H2,1-2H3/b20-14+. The van der Waals surface area contributed by atoms with E-state index in [-0.39, 0.29) is 17.3 Å². The molecule has 5 heteroatoms. The van der Waals surface area contributed by atoms with Gasteiger partial charge in [-0.2, -0.15) is 5.26 Å². The van der Waals surface area contributed by atoms with E-state index in [2.05, 4.69) is 0 Å². The molecule has 0 N–H and O–H groups in total. The average Bonchev–Trinajstić information content (AvgIpc) is 2.72. The molecule has 30 heavy (non-hydrogen) atoms. The van der Waals surface area contributed by atoms with Crippen LogP contribution in [0.15, 0.2) is 48.0 Å². The maximum Gasteiger partial charge on any atom is 0.264 e. The minimum atomic E-state index is -0.572. The van der Waals surface area contributed by atoms with E-state index >= 15 is 0 Å². The summed E-state index contributed by atoms with van der Waals surface area (Å²) in [4.78, 5) is 27.4. The van der Waals surface area contributed by atoms with Crippen molar-refractivity contribution in [1.29, 1.82) is 5.26 Å². The molecular formula is C25H24N2O3. The number of ketones is 1. The van der Waals surface area contributed by atoms with Gasteiger partial charge in [-0.15, -0.1) is 0 Å². The van der Waals surface area contributed by atoms with Crippen LogP contribution in [0, 0.1) is 25.2 Å². The number of nitrogens with zero attached hydrogens (tertiary/aromatic N) is 2. The lowest BCUT2D eigenvalue weighted by Crippen LogP contribution is -2.52. The Hall–Kier alpha value is -3.39. The van der Waals surface area contributed by atoms with Crippen LogP contribution in [0.2, 0.25) is 0 Å². The van der Waals surface area contributed by atoms with Gasteiger partial charge in [0.25, 0.3) is 5.91 Å². The van der Waals surface area contributed by atoms with Gasteiger partial charge in [-0.25, -0.2) is 0 Å². The zero-order valence-corrected chi connectivity index (χ0v) is 17.3. The summed E-state index contributed by atoms with van der Waals surface area (Å²) in [5.41, 5.74) is 3.06. The maximum atomic E-state index is 12.9. The molecule has 1 amide bonds. The number of hydrogen-bond donors (Lipinski definition) is 0. The van der Waals surface area contributed by atoms with Gasteiger partial charge >= 0.3 is 0 Å². The number of likely N-dealkylation sites (tertiary alicyclic amines) is 1. The molecule has 152 valence electrons. The Morgan fingerprint density at radius 2 is 1.87 bits per heavy atom. The highest BCUT2D eigenvalue weighted by Crippen LogP contribution is 2.41. The van der Waals surface area contributed by atoms with Crippen LogP contribution in [0.1, 0.15) is 46.3 Å². The minimum Gasteiger partial charge on any atom is -0.486 e. The fourth-order valence-electron chi connectivity index (χ4n) is 4.44. The van der Waals surface area contributed by atoms with Crippen LogP contribution in [-0.2, 0) is 4.79 Å². The molecule has 0 bridgehead atoms. The number of Topliss-reactive ketones (excluding diaryl/α,β-unsaturated/α-hetero) is 1. The van der Waals surface area contributed by atoms with Crippen LogP contribution >= 0.6 is 0 Å². The molecule has 1 fully saturated rings. The first kappa shape index (κ1) is 19.9. The number of carbonyl (C=O) groups excluding carboxylic acids is 2. The highest BCUT2D eigenvalue weighted by molar-refractivity contribution is 6.02. The third-order valence-corrected chi connectivity index (χ3v) is 5.96. The van der Waals surface area contributed by atoms with Crippen molar-refractivity contribution in [2.24, 2.45) is 0 Å². The van der Waals surface area contributed by atoms with E-state index in [9.17, 15) is 14.9 Å². The topological polar surface area (TPSA) is 70.4 Å². The molecule has 2 aromatic rings. The first-order chi connectivity index (χ1) is 14.4. The second kappa shape index (κ2) is 7.79. The summed E-state index contributed by atoms with van der Waals surface area (Å²) < 4.78 is 6.36. The average molecular weight is 400 g/mol. The zero-order chi connectivity index (χ0) is 21.3. The van der Waals surface area contributed by atoms with Crippen molar-refractivity contribution in [2.45, 2.75) is 38.7 Å². The van der Waals surface area contributed by atoms with Gasteiger partial charge in [0.2, 0.25) is 0 Å². The first-order valence-electron chi connectivity index (χ1n) is 10.2. The number of nitriles is 1. The van der Waals surface area contributed by atoms with E-state index < -0.39 is 5.60 Å². The van der Waals surface area contributed by atoms with Crippen LogP contribution in [0.4, 0.5) is 0 Å². The van der Waals surface area contributed by atoms with Gasteiger partial charge in [0.05, 0.1) is 12.0 Å². The molecule has 0 unspecified atom stereocenters. The molecule has 2 aromatic carbocycles. The Morgan fingerprint density at radius 3 is 2.53 bits per heavy atom. The largest absolute Gasteiger partial charge is 0.486 e. The number of aryl methyl sites for hydroxylation is 2. The molecule has 0 aliphatic carbocycles.